The highest BCUT2D eigenvalue weighted by Gasteiger charge is 2.37. The molecule has 1 amide bonds. The summed E-state index contributed by atoms with van der Waals surface area (Å²) in [5.74, 6) is -0.315. The van der Waals surface area contributed by atoms with Crippen LogP contribution in [0.25, 0.3) is 0 Å². The third-order valence-electron chi connectivity index (χ3n) is 2.80. The minimum Gasteiger partial charge on any atom is -0.312 e. The Hall–Kier alpha value is -2.03. The Labute approximate surface area is 101 Å². The molecule has 0 atom stereocenters. The molecule has 0 aliphatic carbocycles. The van der Waals surface area contributed by atoms with Crippen LogP contribution in [-0.2, 0) is 11.0 Å². The molecule has 1 aliphatic rings. The van der Waals surface area contributed by atoms with Gasteiger partial charge in [0.2, 0.25) is 5.91 Å². The van der Waals surface area contributed by atoms with Crippen molar-refractivity contribution < 1.29 is 18.0 Å². The van der Waals surface area contributed by atoms with Crippen molar-refractivity contribution in [3.63, 3.8) is 0 Å². The van der Waals surface area contributed by atoms with Gasteiger partial charge in [-0.15, -0.1) is 0 Å². The molecule has 0 unspecified atom stereocenters. The zero-order valence-electron chi connectivity index (χ0n) is 9.29. The van der Waals surface area contributed by atoms with Gasteiger partial charge in [-0.2, -0.15) is 18.4 Å². The lowest BCUT2D eigenvalue weighted by atomic mass is 10.1. The number of hydrogen-bond acceptors (Lipinski definition) is 2. The molecule has 0 aromatic heterocycles. The second-order valence-electron chi connectivity index (χ2n) is 3.99. The highest BCUT2D eigenvalue weighted by Crippen LogP contribution is 2.38. The Morgan fingerprint density at radius 2 is 2.06 bits per heavy atom. The maximum atomic E-state index is 12.9. The van der Waals surface area contributed by atoms with E-state index < -0.39 is 11.7 Å². The van der Waals surface area contributed by atoms with Gasteiger partial charge in [-0.3, -0.25) is 4.79 Å². The van der Waals surface area contributed by atoms with Crippen molar-refractivity contribution in [2.45, 2.75) is 19.0 Å². The fourth-order valence-electron chi connectivity index (χ4n) is 1.97. The number of nitrogens with zero attached hydrogens (tertiary/aromatic N) is 2. The van der Waals surface area contributed by atoms with E-state index in [4.69, 9.17) is 5.26 Å². The lowest BCUT2D eigenvalue weighted by molar-refractivity contribution is -0.137. The molecule has 1 aromatic carbocycles. The molecule has 6 heteroatoms. The van der Waals surface area contributed by atoms with E-state index in [1.807, 2.05) is 0 Å². The van der Waals surface area contributed by atoms with E-state index >= 15 is 0 Å². The Morgan fingerprint density at radius 3 is 2.56 bits per heavy atom. The van der Waals surface area contributed by atoms with Crippen LogP contribution in [0.2, 0.25) is 0 Å². The summed E-state index contributed by atoms with van der Waals surface area (Å²) in [6, 6.07) is 4.92. The third-order valence-corrected chi connectivity index (χ3v) is 2.80. The molecule has 2 rings (SSSR count). The number of carbonyl (C=O) groups is 1. The Kier molecular flexibility index (Phi) is 2.99. The summed E-state index contributed by atoms with van der Waals surface area (Å²) in [4.78, 5) is 12.6. The molecule has 3 nitrogen and oxygen atoms in total. The molecule has 0 spiro atoms. The van der Waals surface area contributed by atoms with Crippen LogP contribution < -0.4 is 4.90 Å². The van der Waals surface area contributed by atoms with Crippen molar-refractivity contribution in [2.24, 2.45) is 0 Å². The highest BCUT2D eigenvalue weighted by atomic mass is 19.4. The van der Waals surface area contributed by atoms with Gasteiger partial charge in [0.15, 0.2) is 0 Å². The lowest BCUT2D eigenvalue weighted by Crippen LogP contribution is -2.26. The summed E-state index contributed by atoms with van der Waals surface area (Å²) in [5.41, 5.74) is -1.17. The van der Waals surface area contributed by atoms with Crippen LogP contribution in [0.1, 0.15) is 24.0 Å². The monoisotopic (exact) mass is 254 g/mol. The maximum absolute atomic E-state index is 12.9. The fraction of sp³-hybridized carbons (Fsp3) is 0.333. The van der Waals surface area contributed by atoms with Crippen LogP contribution in [0.15, 0.2) is 18.2 Å². The fourth-order valence-corrected chi connectivity index (χ4v) is 1.97. The van der Waals surface area contributed by atoms with Gasteiger partial charge in [0.25, 0.3) is 0 Å². The van der Waals surface area contributed by atoms with Gasteiger partial charge >= 0.3 is 6.18 Å². The highest BCUT2D eigenvalue weighted by molar-refractivity contribution is 5.96. The minimum atomic E-state index is -4.58. The van der Waals surface area contributed by atoms with Gasteiger partial charge < -0.3 is 4.90 Å². The summed E-state index contributed by atoms with van der Waals surface area (Å²) in [7, 11) is 0. The standard InChI is InChI=1S/C12H9F3N2O/c13-12(14,15)9-6-8(7-16)3-4-10(9)17-5-1-2-11(17)18/h3-4,6H,1-2,5H2. The van der Waals surface area contributed by atoms with E-state index in [0.717, 1.165) is 11.0 Å². The number of halogens is 3. The summed E-state index contributed by atoms with van der Waals surface area (Å²) >= 11 is 0. The number of nitriles is 1. The predicted molar refractivity (Wildman–Crippen MR) is 57.7 cm³/mol. The van der Waals surface area contributed by atoms with Gasteiger partial charge in [0.1, 0.15) is 0 Å². The van der Waals surface area contributed by atoms with E-state index in [1.165, 1.54) is 12.1 Å². The summed E-state index contributed by atoms with van der Waals surface area (Å²) < 4.78 is 38.7. The second kappa shape index (κ2) is 4.33. The number of rotatable bonds is 1. The molecular weight excluding hydrogens is 245 g/mol. The normalized spacial score (nSPS) is 15.9. The van der Waals surface area contributed by atoms with Crippen LogP contribution in [0.4, 0.5) is 18.9 Å². The molecule has 1 aromatic rings. The second-order valence-corrected chi connectivity index (χ2v) is 3.99. The van der Waals surface area contributed by atoms with E-state index in [1.54, 1.807) is 6.07 Å². The molecule has 1 fully saturated rings. The molecule has 0 saturated carbocycles. The molecule has 0 radical (unpaired) electrons. The van der Waals surface area contributed by atoms with E-state index in [9.17, 15) is 18.0 Å². The molecule has 0 N–H and O–H groups in total. The summed E-state index contributed by atoms with van der Waals surface area (Å²) in [6.45, 7) is 0.286. The number of alkyl halides is 3. The van der Waals surface area contributed by atoms with Gasteiger partial charge in [-0.25, -0.2) is 0 Å². The van der Waals surface area contributed by atoms with Crippen LogP contribution in [-0.4, -0.2) is 12.5 Å². The van der Waals surface area contributed by atoms with Gasteiger partial charge in [0.05, 0.1) is 22.9 Å². The molecular formula is C12H9F3N2O. The molecule has 18 heavy (non-hydrogen) atoms. The average Bonchev–Trinajstić information content (AvgIpc) is 2.73. The minimum absolute atomic E-state index is 0.0716. The first kappa shape index (κ1) is 12.4. The summed E-state index contributed by atoms with van der Waals surface area (Å²) in [6.07, 6.45) is -3.77. The first-order valence-corrected chi connectivity index (χ1v) is 5.35. The SMILES string of the molecule is N#Cc1ccc(N2CCCC2=O)c(C(F)(F)F)c1. The molecule has 1 saturated heterocycles. The van der Waals surface area contributed by atoms with Gasteiger partial charge in [-0.1, -0.05) is 0 Å². The van der Waals surface area contributed by atoms with Crippen molar-refractivity contribution in [2.75, 3.05) is 11.4 Å². The molecule has 0 bridgehead atoms. The third kappa shape index (κ3) is 2.16. The van der Waals surface area contributed by atoms with Crippen molar-refractivity contribution in [1.29, 1.82) is 5.26 Å². The van der Waals surface area contributed by atoms with Crippen molar-refractivity contribution in [3.8, 4) is 6.07 Å². The molecule has 94 valence electrons. The maximum Gasteiger partial charge on any atom is 0.418 e. The van der Waals surface area contributed by atoms with E-state index in [-0.39, 0.29) is 30.1 Å². The van der Waals surface area contributed by atoms with Crippen LogP contribution in [0.5, 0.6) is 0 Å². The largest absolute Gasteiger partial charge is 0.418 e. The number of anilines is 1. The zero-order chi connectivity index (χ0) is 13.3. The Morgan fingerprint density at radius 1 is 1.33 bits per heavy atom. The topological polar surface area (TPSA) is 44.1 Å². The first-order chi connectivity index (χ1) is 8.43. The number of carbonyl (C=O) groups excluding carboxylic acids is 1. The first-order valence-electron chi connectivity index (χ1n) is 5.35. The van der Waals surface area contributed by atoms with Crippen LogP contribution >= 0.6 is 0 Å². The lowest BCUT2D eigenvalue weighted by Gasteiger charge is -2.21. The van der Waals surface area contributed by atoms with E-state index in [0.29, 0.717) is 6.42 Å². The predicted octanol–water partition coefficient (Wildman–Crippen LogP) is 2.70. The quantitative estimate of drug-likeness (QED) is 0.773. The van der Waals surface area contributed by atoms with Crippen LogP contribution in [0.3, 0.4) is 0 Å². The van der Waals surface area contributed by atoms with Gasteiger partial charge in [0, 0.05) is 13.0 Å². The Bertz CT molecular complexity index is 531. The van der Waals surface area contributed by atoms with E-state index in [2.05, 4.69) is 0 Å². The number of hydrogen-bond donors (Lipinski definition) is 0. The smallest absolute Gasteiger partial charge is 0.312 e. The van der Waals surface area contributed by atoms with Crippen molar-refractivity contribution >= 4 is 11.6 Å². The average molecular weight is 254 g/mol. The van der Waals surface area contributed by atoms with Crippen LogP contribution in [0, 0.1) is 11.3 Å². The van der Waals surface area contributed by atoms with Crippen molar-refractivity contribution in [3.05, 3.63) is 29.3 Å². The number of amides is 1. The Balaban J connectivity index is 2.53. The number of benzene rings is 1. The molecule has 1 heterocycles. The van der Waals surface area contributed by atoms with Crippen molar-refractivity contribution in [1.82, 2.24) is 0 Å². The zero-order valence-corrected chi connectivity index (χ0v) is 9.29. The molecule has 1 aliphatic heterocycles. The summed E-state index contributed by atoms with van der Waals surface area (Å²) in [5, 5.41) is 8.64. The van der Waals surface area contributed by atoms with Gasteiger partial charge in [-0.05, 0) is 24.6 Å².